The van der Waals surface area contributed by atoms with Crippen LogP contribution in [0.2, 0.25) is 0 Å². The van der Waals surface area contributed by atoms with Gasteiger partial charge in [0.1, 0.15) is 5.52 Å². The maximum Gasteiger partial charge on any atom is 0.261 e. The lowest BCUT2D eigenvalue weighted by atomic mass is 9.86. The van der Waals surface area contributed by atoms with Crippen LogP contribution in [0.5, 0.6) is 0 Å². The number of hydrogen-bond acceptors (Lipinski definition) is 6. The molecule has 6 rings (SSSR count). The van der Waals surface area contributed by atoms with E-state index in [4.69, 9.17) is 4.98 Å². The fourth-order valence-electron chi connectivity index (χ4n) is 5.13. The molecule has 0 spiro atoms. The highest BCUT2D eigenvalue weighted by atomic mass is 16.2. The van der Waals surface area contributed by atoms with Gasteiger partial charge in [0.25, 0.3) is 11.8 Å². The molecule has 1 aromatic carbocycles. The van der Waals surface area contributed by atoms with E-state index in [0.29, 0.717) is 17.7 Å². The molecule has 0 bridgehead atoms. The number of anilines is 1. The highest BCUT2D eigenvalue weighted by molar-refractivity contribution is 6.21. The van der Waals surface area contributed by atoms with Crippen LogP contribution in [0.25, 0.3) is 16.8 Å². The fourth-order valence-corrected chi connectivity index (χ4v) is 5.13. The van der Waals surface area contributed by atoms with Gasteiger partial charge in [0.05, 0.1) is 35.4 Å². The molecule has 1 saturated heterocycles. The molecule has 186 valence electrons. The first-order chi connectivity index (χ1) is 17.5. The van der Waals surface area contributed by atoms with Gasteiger partial charge in [-0.25, -0.2) is 9.50 Å². The van der Waals surface area contributed by atoms with Crippen LogP contribution in [-0.4, -0.2) is 60.7 Å². The van der Waals surface area contributed by atoms with Crippen molar-refractivity contribution in [2.45, 2.75) is 27.2 Å². The zero-order chi connectivity index (χ0) is 25.4. The first kappa shape index (κ1) is 23.7. The Balaban J connectivity index is 0.00000130. The summed E-state index contributed by atoms with van der Waals surface area (Å²) in [7, 11) is 1.89. The number of fused-ring (bicyclic) bond motifs is 2. The summed E-state index contributed by atoms with van der Waals surface area (Å²) < 4.78 is 3.62. The number of carbonyl (C=O) groups is 2. The van der Waals surface area contributed by atoms with E-state index in [2.05, 4.69) is 22.0 Å². The Bertz CT molecular complexity index is 1390. The minimum Gasteiger partial charge on any atom is -0.355 e. The smallest absolute Gasteiger partial charge is 0.261 e. The lowest BCUT2D eigenvalue weighted by Gasteiger charge is -2.39. The van der Waals surface area contributed by atoms with Gasteiger partial charge in [-0.05, 0) is 36.5 Å². The third-order valence-corrected chi connectivity index (χ3v) is 7.05. The van der Waals surface area contributed by atoms with Crippen molar-refractivity contribution in [2.75, 3.05) is 24.5 Å². The highest BCUT2D eigenvalue weighted by Gasteiger charge is 2.38. The maximum absolute atomic E-state index is 12.8. The second-order valence-corrected chi connectivity index (χ2v) is 9.25. The second kappa shape index (κ2) is 9.56. The average molecular weight is 486 g/mol. The van der Waals surface area contributed by atoms with Crippen molar-refractivity contribution in [1.29, 1.82) is 0 Å². The maximum atomic E-state index is 12.8. The lowest BCUT2D eigenvalue weighted by Crippen LogP contribution is -2.45. The molecule has 0 aliphatic carbocycles. The summed E-state index contributed by atoms with van der Waals surface area (Å²) in [6, 6.07) is 9.06. The summed E-state index contributed by atoms with van der Waals surface area (Å²) in [5.74, 6) is 1.06. The summed E-state index contributed by atoms with van der Waals surface area (Å²) in [4.78, 5) is 34.4. The van der Waals surface area contributed by atoms with Crippen molar-refractivity contribution in [1.82, 2.24) is 29.3 Å². The van der Waals surface area contributed by atoms with Gasteiger partial charge in [-0.15, -0.1) is 0 Å². The van der Waals surface area contributed by atoms with Gasteiger partial charge in [-0.3, -0.25) is 19.2 Å². The molecule has 5 heterocycles. The molecule has 9 heteroatoms. The van der Waals surface area contributed by atoms with Crippen molar-refractivity contribution in [3.05, 3.63) is 66.2 Å². The van der Waals surface area contributed by atoms with Crippen LogP contribution in [0.15, 0.2) is 55.1 Å². The molecule has 0 radical (unpaired) electrons. The Morgan fingerprint density at radius 3 is 2.36 bits per heavy atom. The molecule has 0 N–H and O–H groups in total. The first-order valence-electron chi connectivity index (χ1n) is 12.5. The standard InChI is InChI=1S/C25H25N7O2.C2H6/c1-16-12-30(10-8-17(16)14-31-24(33)19-5-3-4-6-20(19)25(31)34)23-22-7-9-26-32(22)15-21(28-23)18-11-27-29(2)13-18;1-2/h3-7,9,11,13,15-17H,8,10,12,14H2,1-2H3;1-2H3. The molecule has 2 unspecified atom stereocenters. The molecule has 4 aromatic rings. The molecule has 3 aromatic heterocycles. The lowest BCUT2D eigenvalue weighted by molar-refractivity contribution is 0.0603. The van der Waals surface area contributed by atoms with Gasteiger partial charge in [-0.2, -0.15) is 10.2 Å². The third-order valence-electron chi connectivity index (χ3n) is 7.05. The number of hydrogen-bond donors (Lipinski definition) is 0. The van der Waals surface area contributed by atoms with Gasteiger partial charge in [0.2, 0.25) is 0 Å². The van der Waals surface area contributed by atoms with E-state index in [1.807, 2.05) is 43.9 Å². The summed E-state index contributed by atoms with van der Waals surface area (Å²) >= 11 is 0. The van der Waals surface area contributed by atoms with E-state index in [0.717, 1.165) is 42.1 Å². The van der Waals surface area contributed by atoms with Crippen LogP contribution in [0, 0.1) is 11.8 Å². The van der Waals surface area contributed by atoms with Crippen LogP contribution >= 0.6 is 0 Å². The number of amides is 2. The van der Waals surface area contributed by atoms with Gasteiger partial charge in [0, 0.05) is 38.4 Å². The summed E-state index contributed by atoms with van der Waals surface area (Å²) in [5.41, 5.74) is 3.74. The predicted molar refractivity (Wildman–Crippen MR) is 138 cm³/mol. The Morgan fingerprint density at radius 2 is 1.72 bits per heavy atom. The molecule has 36 heavy (non-hydrogen) atoms. The van der Waals surface area contributed by atoms with Gasteiger partial charge < -0.3 is 4.90 Å². The van der Waals surface area contributed by atoms with Gasteiger partial charge >= 0.3 is 0 Å². The van der Waals surface area contributed by atoms with Crippen LogP contribution in [-0.2, 0) is 7.05 Å². The van der Waals surface area contributed by atoms with Crippen molar-refractivity contribution in [3.8, 4) is 11.3 Å². The number of piperidine rings is 1. The van der Waals surface area contributed by atoms with E-state index in [1.165, 1.54) is 4.90 Å². The number of imide groups is 1. The Labute approximate surface area is 210 Å². The first-order valence-corrected chi connectivity index (χ1v) is 12.5. The minimum absolute atomic E-state index is 0.179. The quantitative estimate of drug-likeness (QED) is 0.407. The van der Waals surface area contributed by atoms with E-state index >= 15 is 0 Å². The van der Waals surface area contributed by atoms with Crippen LogP contribution < -0.4 is 4.90 Å². The third kappa shape index (κ3) is 4.04. The molecule has 2 amide bonds. The van der Waals surface area contributed by atoms with Gasteiger partial charge in [-0.1, -0.05) is 32.9 Å². The predicted octanol–water partition coefficient (Wildman–Crippen LogP) is 3.91. The molecular weight excluding hydrogens is 454 g/mol. The van der Waals surface area contributed by atoms with E-state index in [-0.39, 0.29) is 23.7 Å². The summed E-state index contributed by atoms with van der Waals surface area (Å²) in [5, 5.41) is 8.72. The zero-order valence-electron chi connectivity index (χ0n) is 21.1. The average Bonchev–Trinajstić information content (AvgIpc) is 3.61. The molecule has 9 nitrogen and oxygen atoms in total. The van der Waals surface area contributed by atoms with Crippen molar-refractivity contribution < 1.29 is 9.59 Å². The topological polar surface area (TPSA) is 88.6 Å². The Morgan fingerprint density at radius 1 is 1.00 bits per heavy atom. The number of benzene rings is 1. The van der Waals surface area contributed by atoms with Crippen LogP contribution in [0.1, 0.15) is 47.9 Å². The monoisotopic (exact) mass is 485 g/mol. The number of carbonyl (C=O) groups excluding carboxylic acids is 2. The molecule has 0 saturated carbocycles. The molecular formula is C27H31N7O2. The van der Waals surface area contributed by atoms with Crippen molar-refractivity contribution in [2.24, 2.45) is 18.9 Å². The number of aryl methyl sites for hydroxylation is 1. The van der Waals surface area contributed by atoms with E-state index < -0.39 is 0 Å². The number of rotatable bonds is 4. The second-order valence-electron chi connectivity index (χ2n) is 9.25. The van der Waals surface area contributed by atoms with Crippen molar-refractivity contribution >= 4 is 23.1 Å². The molecule has 2 aliphatic heterocycles. The normalized spacial score (nSPS) is 19.4. The summed E-state index contributed by atoms with van der Waals surface area (Å²) in [6.45, 7) is 8.22. The van der Waals surface area contributed by atoms with Crippen LogP contribution in [0.3, 0.4) is 0 Å². The van der Waals surface area contributed by atoms with E-state index in [1.54, 1.807) is 41.3 Å². The Kier molecular flexibility index (Phi) is 6.30. The van der Waals surface area contributed by atoms with Crippen LogP contribution in [0.4, 0.5) is 5.82 Å². The zero-order valence-corrected chi connectivity index (χ0v) is 21.1. The Hall–Kier alpha value is -4.01. The SMILES string of the molecule is CC.CC1CN(c2nc(-c3cnn(C)c3)cn3nccc23)CCC1CN1C(=O)c2ccccc2C1=O. The number of nitrogens with zero attached hydrogens (tertiary/aromatic N) is 7. The minimum atomic E-state index is -0.179. The fraction of sp³-hybridized carbons (Fsp3) is 0.370. The largest absolute Gasteiger partial charge is 0.355 e. The molecule has 1 fully saturated rings. The highest BCUT2D eigenvalue weighted by Crippen LogP contribution is 2.33. The summed E-state index contributed by atoms with van der Waals surface area (Å²) in [6.07, 6.45) is 8.32. The molecule has 2 atom stereocenters. The van der Waals surface area contributed by atoms with E-state index in [9.17, 15) is 9.59 Å². The number of aromatic nitrogens is 5. The molecule has 2 aliphatic rings. The van der Waals surface area contributed by atoms with Gasteiger partial charge in [0.15, 0.2) is 5.82 Å². The van der Waals surface area contributed by atoms with Crippen molar-refractivity contribution in [3.63, 3.8) is 0 Å².